The van der Waals surface area contributed by atoms with Gasteiger partial charge in [0.25, 0.3) is 0 Å². The summed E-state index contributed by atoms with van der Waals surface area (Å²) in [6.07, 6.45) is 3.82. The van der Waals surface area contributed by atoms with Crippen LogP contribution in [0.1, 0.15) is 32.6 Å². The molecule has 1 heterocycles. The van der Waals surface area contributed by atoms with Crippen molar-refractivity contribution in [2.75, 3.05) is 20.1 Å². The SMILES string of the molecule is CCC[C@H](N)C(=O)NC1CCN(C)CC1. The summed E-state index contributed by atoms with van der Waals surface area (Å²) < 4.78 is 0. The largest absolute Gasteiger partial charge is 0.352 e. The molecule has 0 radical (unpaired) electrons. The van der Waals surface area contributed by atoms with E-state index in [-0.39, 0.29) is 11.9 Å². The Hall–Kier alpha value is -0.610. The van der Waals surface area contributed by atoms with Crippen LogP contribution >= 0.6 is 0 Å². The topological polar surface area (TPSA) is 58.4 Å². The molecule has 0 aromatic heterocycles. The molecule has 1 fully saturated rings. The number of amides is 1. The molecule has 0 aliphatic carbocycles. The molecule has 0 spiro atoms. The molecule has 3 N–H and O–H groups in total. The first-order valence-corrected chi connectivity index (χ1v) is 5.88. The first-order valence-electron chi connectivity index (χ1n) is 5.88. The van der Waals surface area contributed by atoms with Crippen molar-refractivity contribution in [1.29, 1.82) is 0 Å². The predicted molar refractivity (Wildman–Crippen MR) is 61.5 cm³/mol. The Bertz CT molecular complexity index is 200. The molecule has 88 valence electrons. The molecule has 0 saturated carbocycles. The molecule has 1 rings (SSSR count). The Kier molecular flexibility index (Phi) is 5.05. The summed E-state index contributed by atoms with van der Waals surface area (Å²) in [5, 5.41) is 3.03. The first kappa shape index (κ1) is 12.5. The number of carbonyl (C=O) groups is 1. The van der Waals surface area contributed by atoms with Crippen LogP contribution in [0.5, 0.6) is 0 Å². The number of nitrogens with one attached hydrogen (secondary N) is 1. The van der Waals surface area contributed by atoms with Gasteiger partial charge in [-0.2, -0.15) is 0 Å². The van der Waals surface area contributed by atoms with Crippen LogP contribution in [0.15, 0.2) is 0 Å². The Morgan fingerprint density at radius 2 is 2.13 bits per heavy atom. The summed E-state index contributed by atoms with van der Waals surface area (Å²) in [5.41, 5.74) is 5.75. The average molecular weight is 213 g/mol. The van der Waals surface area contributed by atoms with Gasteiger partial charge in [0, 0.05) is 6.04 Å². The maximum atomic E-state index is 11.6. The van der Waals surface area contributed by atoms with Gasteiger partial charge in [0.2, 0.25) is 5.91 Å². The van der Waals surface area contributed by atoms with Crippen LogP contribution in [-0.4, -0.2) is 43.0 Å². The first-order chi connectivity index (χ1) is 7.13. The van der Waals surface area contributed by atoms with Crippen LogP contribution in [0.25, 0.3) is 0 Å². The molecule has 1 aliphatic rings. The van der Waals surface area contributed by atoms with E-state index in [0.29, 0.717) is 6.04 Å². The average Bonchev–Trinajstić information content (AvgIpc) is 2.22. The van der Waals surface area contributed by atoms with Crippen LogP contribution in [0.3, 0.4) is 0 Å². The van der Waals surface area contributed by atoms with Gasteiger partial charge in [-0.3, -0.25) is 4.79 Å². The van der Waals surface area contributed by atoms with E-state index in [2.05, 4.69) is 17.3 Å². The highest BCUT2D eigenvalue weighted by Crippen LogP contribution is 2.08. The van der Waals surface area contributed by atoms with E-state index in [1.165, 1.54) is 0 Å². The van der Waals surface area contributed by atoms with Gasteiger partial charge in [0.1, 0.15) is 0 Å². The molecule has 0 bridgehead atoms. The summed E-state index contributed by atoms with van der Waals surface area (Å²) in [7, 11) is 2.11. The zero-order chi connectivity index (χ0) is 11.3. The standard InChI is InChI=1S/C11H23N3O/c1-3-4-10(12)11(15)13-9-5-7-14(2)8-6-9/h9-10H,3-8,12H2,1-2H3,(H,13,15)/t10-/m0/s1. The third-order valence-corrected chi connectivity index (χ3v) is 3.00. The van der Waals surface area contributed by atoms with Gasteiger partial charge < -0.3 is 16.0 Å². The van der Waals surface area contributed by atoms with Crippen molar-refractivity contribution in [2.24, 2.45) is 5.73 Å². The molecule has 4 nitrogen and oxygen atoms in total. The van der Waals surface area contributed by atoms with Crippen molar-refractivity contribution in [1.82, 2.24) is 10.2 Å². The Morgan fingerprint density at radius 3 is 2.67 bits per heavy atom. The number of hydrogen-bond donors (Lipinski definition) is 2. The van der Waals surface area contributed by atoms with Crippen molar-refractivity contribution in [3.05, 3.63) is 0 Å². The normalized spacial score (nSPS) is 21.3. The van der Waals surface area contributed by atoms with E-state index in [0.717, 1.165) is 38.8 Å². The van der Waals surface area contributed by atoms with E-state index >= 15 is 0 Å². The number of rotatable bonds is 4. The summed E-state index contributed by atoms with van der Waals surface area (Å²) in [4.78, 5) is 13.9. The van der Waals surface area contributed by atoms with E-state index < -0.39 is 0 Å². The minimum Gasteiger partial charge on any atom is -0.352 e. The minimum absolute atomic E-state index is 0.0198. The number of carbonyl (C=O) groups excluding carboxylic acids is 1. The van der Waals surface area contributed by atoms with E-state index in [9.17, 15) is 4.79 Å². The van der Waals surface area contributed by atoms with Crippen LogP contribution in [0.2, 0.25) is 0 Å². The summed E-state index contributed by atoms with van der Waals surface area (Å²) in [5.74, 6) is 0.0198. The van der Waals surface area contributed by atoms with Crippen LogP contribution in [0.4, 0.5) is 0 Å². The van der Waals surface area contributed by atoms with Gasteiger partial charge in [-0.1, -0.05) is 13.3 Å². The fourth-order valence-electron chi connectivity index (χ4n) is 1.90. The van der Waals surface area contributed by atoms with Crippen molar-refractivity contribution in [2.45, 2.75) is 44.7 Å². The smallest absolute Gasteiger partial charge is 0.237 e. The molecule has 15 heavy (non-hydrogen) atoms. The van der Waals surface area contributed by atoms with Crippen molar-refractivity contribution < 1.29 is 4.79 Å². The third kappa shape index (κ3) is 4.18. The molecular formula is C11H23N3O. The second-order valence-electron chi connectivity index (χ2n) is 4.48. The lowest BCUT2D eigenvalue weighted by molar-refractivity contribution is -0.123. The highest BCUT2D eigenvalue weighted by atomic mass is 16.2. The quantitative estimate of drug-likeness (QED) is 0.707. The summed E-state index contributed by atoms with van der Waals surface area (Å²) >= 11 is 0. The molecule has 1 aliphatic heterocycles. The number of likely N-dealkylation sites (tertiary alicyclic amines) is 1. The van der Waals surface area contributed by atoms with E-state index in [4.69, 9.17) is 5.73 Å². The molecule has 1 atom stereocenters. The Morgan fingerprint density at radius 1 is 1.53 bits per heavy atom. The lowest BCUT2D eigenvalue weighted by Crippen LogP contribution is -2.49. The van der Waals surface area contributed by atoms with Crippen molar-refractivity contribution in [3.63, 3.8) is 0 Å². The Labute approximate surface area is 92.2 Å². The zero-order valence-corrected chi connectivity index (χ0v) is 9.83. The monoisotopic (exact) mass is 213 g/mol. The molecule has 1 amide bonds. The molecular weight excluding hydrogens is 190 g/mol. The maximum Gasteiger partial charge on any atom is 0.237 e. The van der Waals surface area contributed by atoms with Gasteiger partial charge in [-0.05, 0) is 39.4 Å². The second-order valence-corrected chi connectivity index (χ2v) is 4.48. The second kappa shape index (κ2) is 6.08. The fourth-order valence-corrected chi connectivity index (χ4v) is 1.90. The predicted octanol–water partition coefficient (Wildman–Crippen LogP) is 0.324. The Balaban J connectivity index is 2.25. The molecule has 0 unspecified atom stereocenters. The third-order valence-electron chi connectivity index (χ3n) is 3.00. The summed E-state index contributed by atoms with van der Waals surface area (Å²) in [6.45, 7) is 4.17. The van der Waals surface area contributed by atoms with Gasteiger partial charge in [-0.25, -0.2) is 0 Å². The highest BCUT2D eigenvalue weighted by Gasteiger charge is 2.20. The van der Waals surface area contributed by atoms with Crippen LogP contribution < -0.4 is 11.1 Å². The van der Waals surface area contributed by atoms with Crippen molar-refractivity contribution >= 4 is 5.91 Å². The number of hydrogen-bond acceptors (Lipinski definition) is 3. The van der Waals surface area contributed by atoms with Crippen LogP contribution in [-0.2, 0) is 4.79 Å². The van der Waals surface area contributed by atoms with Crippen molar-refractivity contribution in [3.8, 4) is 0 Å². The highest BCUT2D eigenvalue weighted by molar-refractivity contribution is 5.81. The summed E-state index contributed by atoms with van der Waals surface area (Å²) in [6, 6.07) is 0.00580. The maximum absolute atomic E-state index is 11.6. The lowest BCUT2D eigenvalue weighted by atomic mass is 10.0. The molecule has 0 aromatic rings. The molecule has 0 aromatic carbocycles. The number of nitrogens with two attached hydrogens (primary N) is 1. The molecule has 4 heteroatoms. The lowest BCUT2D eigenvalue weighted by Gasteiger charge is -2.30. The van der Waals surface area contributed by atoms with Crippen LogP contribution in [0, 0.1) is 0 Å². The van der Waals surface area contributed by atoms with E-state index in [1.807, 2.05) is 6.92 Å². The fraction of sp³-hybridized carbons (Fsp3) is 0.909. The van der Waals surface area contributed by atoms with Gasteiger partial charge in [0.15, 0.2) is 0 Å². The zero-order valence-electron chi connectivity index (χ0n) is 9.83. The molecule has 1 saturated heterocycles. The van der Waals surface area contributed by atoms with E-state index in [1.54, 1.807) is 0 Å². The minimum atomic E-state index is -0.324. The van der Waals surface area contributed by atoms with Gasteiger partial charge in [-0.15, -0.1) is 0 Å². The number of nitrogens with zero attached hydrogens (tertiary/aromatic N) is 1. The van der Waals surface area contributed by atoms with Gasteiger partial charge >= 0.3 is 0 Å². The number of piperidine rings is 1. The van der Waals surface area contributed by atoms with Gasteiger partial charge in [0.05, 0.1) is 6.04 Å².